The molecular formula is C17H17BrO2. The summed E-state index contributed by atoms with van der Waals surface area (Å²) in [4.78, 5) is 0. The van der Waals surface area contributed by atoms with Crippen LogP contribution >= 0.6 is 15.9 Å². The number of hydrogen-bond donors (Lipinski definition) is 1. The van der Waals surface area contributed by atoms with Crippen molar-refractivity contribution in [2.24, 2.45) is 0 Å². The number of benzene rings is 2. The monoisotopic (exact) mass is 332 g/mol. The van der Waals surface area contributed by atoms with Gasteiger partial charge >= 0.3 is 0 Å². The zero-order valence-corrected chi connectivity index (χ0v) is 12.7. The summed E-state index contributed by atoms with van der Waals surface area (Å²) < 4.78 is 6.71. The van der Waals surface area contributed by atoms with Gasteiger partial charge in [-0.15, -0.1) is 0 Å². The summed E-state index contributed by atoms with van der Waals surface area (Å²) in [5, 5.41) is 10.6. The smallest absolute Gasteiger partial charge is 0.122 e. The number of para-hydroxylation sites is 1. The Morgan fingerprint density at radius 2 is 1.90 bits per heavy atom. The third-order valence-electron chi connectivity index (χ3n) is 3.83. The summed E-state index contributed by atoms with van der Waals surface area (Å²) in [6, 6.07) is 16.2. The predicted octanol–water partition coefficient (Wildman–Crippen LogP) is 3.92. The van der Waals surface area contributed by atoms with Crippen LogP contribution < -0.4 is 4.74 Å². The van der Waals surface area contributed by atoms with Crippen LogP contribution in [0.3, 0.4) is 0 Å². The van der Waals surface area contributed by atoms with Gasteiger partial charge in [0.1, 0.15) is 5.75 Å². The number of fused-ring (bicyclic) bond motifs is 1. The second-order valence-electron chi connectivity index (χ2n) is 5.18. The van der Waals surface area contributed by atoms with Gasteiger partial charge in [-0.3, -0.25) is 0 Å². The van der Waals surface area contributed by atoms with Gasteiger partial charge in [0.2, 0.25) is 0 Å². The second kappa shape index (κ2) is 5.98. The molecule has 1 aliphatic rings. The van der Waals surface area contributed by atoms with E-state index in [0.29, 0.717) is 13.0 Å². The van der Waals surface area contributed by atoms with E-state index in [0.717, 1.165) is 27.8 Å². The predicted molar refractivity (Wildman–Crippen MR) is 83.1 cm³/mol. The van der Waals surface area contributed by atoms with Gasteiger partial charge in [0.25, 0.3) is 0 Å². The molecule has 20 heavy (non-hydrogen) atoms. The molecular weight excluding hydrogens is 316 g/mol. The van der Waals surface area contributed by atoms with Crippen LogP contribution in [0.15, 0.2) is 53.0 Å². The molecule has 0 saturated carbocycles. The van der Waals surface area contributed by atoms with Gasteiger partial charge in [0, 0.05) is 10.4 Å². The minimum absolute atomic E-state index is 0.156. The van der Waals surface area contributed by atoms with Crippen molar-refractivity contribution in [2.45, 2.75) is 24.9 Å². The first kappa shape index (κ1) is 13.7. The van der Waals surface area contributed by atoms with Crippen LogP contribution in [-0.4, -0.2) is 17.8 Å². The van der Waals surface area contributed by atoms with Crippen molar-refractivity contribution in [3.63, 3.8) is 0 Å². The van der Waals surface area contributed by atoms with Crippen molar-refractivity contribution in [2.75, 3.05) is 6.61 Å². The van der Waals surface area contributed by atoms with Gasteiger partial charge in [0.15, 0.2) is 0 Å². The first-order valence-electron chi connectivity index (χ1n) is 6.88. The Hall–Kier alpha value is -1.32. The zero-order valence-electron chi connectivity index (χ0n) is 11.1. The van der Waals surface area contributed by atoms with E-state index >= 15 is 0 Å². The molecule has 0 radical (unpaired) electrons. The summed E-state index contributed by atoms with van der Waals surface area (Å²) >= 11 is 3.43. The van der Waals surface area contributed by atoms with Crippen LogP contribution in [0.2, 0.25) is 0 Å². The maximum atomic E-state index is 10.6. The Bertz CT molecular complexity index is 580. The molecule has 3 heteroatoms. The Balaban J connectivity index is 1.78. The summed E-state index contributed by atoms with van der Waals surface area (Å²) in [6.45, 7) is 0.680. The summed E-state index contributed by atoms with van der Waals surface area (Å²) in [7, 11) is 0. The number of halogens is 1. The highest BCUT2D eigenvalue weighted by atomic mass is 79.9. The Morgan fingerprint density at radius 3 is 2.70 bits per heavy atom. The zero-order chi connectivity index (χ0) is 13.9. The average Bonchev–Trinajstić information content (AvgIpc) is 2.49. The first-order valence-corrected chi connectivity index (χ1v) is 7.67. The number of hydrogen-bond acceptors (Lipinski definition) is 2. The second-order valence-corrected chi connectivity index (χ2v) is 6.10. The minimum atomic E-state index is -0.374. The molecule has 2 unspecified atom stereocenters. The fourth-order valence-corrected chi connectivity index (χ4v) is 3.04. The van der Waals surface area contributed by atoms with Crippen molar-refractivity contribution in [3.8, 4) is 5.75 Å². The van der Waals surface area contributed by atoms with E-state index in [4.69, 9.17) is 4.74 Å². The van der Waals surface area contributed by atoms with Crippen LogP contribution in [0.25, 0.3) is 0 Å². The molecule has 0 aliphatic carbocycles. The quantitative estimate of drug-likeness (QED) is 0.923. The molecule has 0 bridgehead atoms. The van der Waals surface area contributed by atoms with Gasteiger partial charge in [-0.25, -0.2) is 0 Å². The van der Waals surface area contributed by atoms with Crippen molar-refractivity contribution in [1.82, 2.24) is 0 Å². The molecule has 0 saturated heterocycles. The van der Waals surface area contributed by atoms with Gasteiger partial charge in [-0.2, -0.15) is 0 Å². The fourth-order valence-electron chi connectivity index (χ4n) is 2.77. The number of aliphatic hydroxyl groups excluding tert-OH is 1. The Labute approximate surface area is 127 Å². The normalized spacial score (nSPS) is 19.0. The van der Waals surface area contributed by atoms with Crippen LogP contribution in [0, 0.1) is 0 Å². The molecule has 0 fully saturated rings. The topological polar surface area (TPSA) is 29.5 Å². The molecule has 1 heterocycles. The van der Waals surface area contributed by atoms with E-state index in [2.05, 4.69) is 34.1 Å². The third kappa shape index (κ3) is 2.89. The van der Waals surface area contributed by atoms with E-state index < -0.39 is 0 Å². The highest BCUT2D eigenvalue weighted by Crippen LogP contribution is 2.36. The SMILES string of the molecule is OC(Cc1ccc(Br)cc1)C1CCOc2ccccc21. The number of ether oxygens (including phenoxy) is 1. The highest BCUT2D eigenvalue weighted by molar-refractivity contribution is 9.10. The number of aliphatic hydroxyl groups is 1. The van der Waals surface area contributed by atoms with E-state index in [1.165, 1.54) is 0 Å². The van der Waals surface area contributed by atoms with Crippen molar-refractivity contribution in [3.05, 3.63) is 64.1 Å². The first-order chi connectivity index (χ1) is 9.74. The average molecular weight is 333 g/mol. The van der Waals surface area contributed by atoms with Crippen LogP contribution in [0.5, 0.6) is 5.75 Å². The molecule has 2 nitrogen and oxygen atoms in total. The minimum Gasteiger partial charge on any atom is -0.493 e. The van der Waals surface area contributed by atoms with E-state index in [1.807, 2.05) is 30.3 Å². The van der Waals surface area contributed by atoms with Gasteiger partial charge in [-0.05, 0) is 42.2 Å². The molecule has 3 rings (SSSR count). The highest BCUT2D eigenvalue weighted by Gasteiger charge is 2.27. The maximum Gasteiger partial charge on any atom is 0.122 e. The fraction of sp³-hybridized carbons (Fsp3) is 0.294. The lowest BCUT2D eigenvalue weighted by atomic mass is 9.85. The lowest BCUT2D eigenvalue weighted by molar-refractivity contribution is 0.116. The van der Waals surface area contributed by atoms with Crippen LogP contribution in [0.1, 0.15) is 23.5 Å². The lowest BCUT2D eigenvalue weighted by Crippen LogP contribution is -2.26. The van der Waals surface area contributed by atoms with Gasteiger partial charge < -0.3 is 9.84 Å². The molecule has 2 aromatic carbocycles. The van der Waals surface area contributed by atoms with E-state index in [1.54, 1.807) is 0 Å². The largest absolute Gasteiger partial charge is 0.493 e. The van der Waals surface area contributed by atoms with Crippen molar-refractivity contribution >= 4 is 15.9 Å². The summed E-state index contributed by atoms with van der Waals surface area (Å²) in [5.74, 6) is 1.07. The third-order valence-corrected chi connectivity index (χ3v) is 4.36. The maximum absolute atomic E-state index is 10.6. The van der Waals surface area contributed by atoms with Gasteiger partial charge in [-0.1, -0.05) is 46.3 Å². The molecule has 0 aromatic heterocycles. The molecule has 0 spiro atoms. The Kier molecular flexibility index (Phi) is 4.08. The molecule has 1 N–H and O–H groups in total. The van der Waals surface area contributed by atoms with E-state index in [-0.39, 0.29) is 12.0 Å². The molecule has 2 aromatic rings. The van der Waals surface area contributed by atoms with Crippen LogP contribution in [-0.2, 0) is 6.42 Å². The van der Waals surface area contributed by atoms with Crippen molar-refractivity contribution < 1.29 is 9.84 Å². The lowest BCUT2D eigenvalue weighted by Gasteiger charge is -2.29. The van der Waals surface area contributed by atoms with Crippen molar-refractivity contribution in [1.29, 1.82) is 0 Å². The van der Waals surface area contributed by atoms with Gasteiger partial charge in [0.05, 0.1) is 12.7 Å². The molecule has 104 valence electrons. The summed E-state index contributed by atoms with van der Waals surface area (Å²) in [6.07, 6.45) is 1.17. The molecule has 0 amide bonds. The standard InChI is InChI=1S/C17H17BrO2/c18-13-7-5-12(6-8-13)11-16(19)14-9-10-20-17-4-2-1-3-15(14)17/h1-8,14,16,19H,9-11H2. The molecule has 2 atom stereocenters. The molecule has 1 aliphatic heterocycles. The van der Waals surface area contributed by atoms with Crippen LogP contribution in [0.4, 0.5) is 0 Å². The summed E-state index contributed by atoms with van der Waals surface area (Å²) in [5.41, 5.74) is 2.29. The Morgan fingerprint density at radius 1 is 1.15 bits per heavy atom. The number of rotatable bonds is 3. The van der Waals surface area contributed by atoms with E-state index in [9.17, 15) is 5.11 Å².